The number of hydrogen-bond acceptors (Lipinski definition) is 6. The summed E-state index contributed by atoms with van der Waals surface area (Å²) in [6.45, 7) is 3.86. The van der Waals surface area contributed by atoms with Crippen LogP contribution in [-0.4, -0.2) is 36.0 Å². The molecule has 0 aliphatic carbocycles. The fourth-order valence-electron chi connectivity index (χ4n) is 2.78. The van der Waals surface area contributed by atoms with Gasteiger partial charge in [-0.05, 0) is 65.2 Å². The Labute approximate surface area is 181 Å². The summed E-state index contributed by atoms with van der Waals surface area (Å²) < 4.78 is 17.1. The SMILES string of the molecule is CC[C@@H](C)Oc1c(Br)cc(/C=C2\C(=O)NC(=O)N(Cc3ccco3)C2=O)cc1OC. The van der Waals surface area contributed by atoms with Gasteiger partial charge in [-0.3, -0.25) is 19.8 Å². The van der Waals surface area contributed by atoms with E-state index in [1.807, 2.05) is 13.8 Å². The van der Waals surface area contributed by atoms with Crippen molar-refractivity contribution in [1.29, 1.82) is 0 Å². The van der Waals surface area contributed by atoms with E-state index in [1.165, 1.54) is 19.4 Å². The summed E-state index contributed by atoms with van der Waals surface area (Å²) in [6, 6.07) is 5.86. The van der Waals surface area contributed by atoms with Gasteiger partial charge in [0.1, 0.15) is 11.3 Å². The zero-order valence-corrected chi connectivity index (χ0v) is 18.3. The van der Waals surface area contributed by atoms with Crippen molar-refractivity contribution in [3.8, 4) is 11.5 Å². The molecule has 0 spiro atoms. The standard InChI is InChI=1S/C21H21BrN2O6/c1-4-12(2)30-18-16(22)9-13(10-17(18)28-3)8-15-19(25)23-21(27)24(20(15)26)11-14-6-5-7-29-14/h5-10,12H,4,11H2,1-3H3,(H,23,25,27)/b15-8+/t12-/m1/s1. The molecule has 0 saturated carbocycles. The van der Waals surface area contributed by atoms with Crippen LogP contribution in [0.15, 0.2) is 45.0 Å². The molecule has 1 fully saturated rings. The highest BCUT2D eigenvalue weighted by molar-refractivity contribution is 9.10. The average Bonchev–Trinajstić information content (AvgIpc) is 3.23. The first-order chi connectivity index (χ1) is 14.3. The second-order valence-corrected chi connectivity index (χ2v) is 7.51. The van der Waals surface area contributed by atoms with Crippen LogP contribution >= 0.6 is 15.9 Å². The van der Waals surface area contributed by atoms with Crippen LogP contribution in [0.3, 0.4) is 0 Å². The summed E-state index contributed by atoms with van der Waals surface area (Å²) in [6.07, 6.45) is 3.64. The normalized spacial score (nSPS) is 16.6. The van der Waals surface area contributed by atoms with Crippen LogP contribution in [0.25, 0.3) is 6.08 Å². The number of methoxy groups -OCH3 is 1. The van der Waals surface area contributed by atoms with Crippen LogP contribution in [0.1, 0.15) is 31.6 Å². The van der Waals surface area contributed by atoms with E-state index >= 15 is 0 Å². The van der Waals surface area contributed by atoms with E-state index in [0.29, 0.717) is 27.3 Å². The molecule has 2 aromatic rings. The van der Waals surface area contributed by atoms with Crippen LogP contribution in [-0.2, 0) is 16.1 Å². The molecule has 1 aliphatic heterocycles. The van der Waals surface area contributed by atoms with Crippen molar-refractivity contribution in [3.05, 3.63) is 51.9 Å². The third kappa shape index (κ3) is 4.56. The molecule has 1 saturated heterocycles. The van der Waals surface area contributed by atoms with Gasteiger partial charge in [0.05, 0.1) is 30.5 Å². The molecule has 0 bridgehead atoms. The van der Waals surface area contributed by atoms with E-state index in [2.05, 4.69) is 21.2 Å². The lowest BCUT2D eigenvalue weighted by Crippen LogP contribution is -2.53. The topological polar surface area (TPSA) is 98.1 Å². The fraction of sp³-hybridized carbons (Fsp3) is 0.286. The Balaban J connectivity index is 1.94. The number of urea groups is 1. The first kappa shape index (κ1) is 21.6. The highest BCUT2D eigenvalue weighted by atomic mass is 79.9. The molecule has 1 aromatic heterocycles. The number of carbonyl (C=O) groups is 3. The third-order valence-electron chi connectivity index (χ3n) is 4.54. The van der Waals surface area contributed by atoms with Crippen molar-refractivity contribution < 1.29 is 28.3 Å². The lowest BCUT2D eigenvalue weighted by molar-refractivity contribution is -0.130. The van der Waals surface area contributed by atoms with Gasteiger partial charge in [0.25, 0.3) is 11.8 Å². The third-order valence-corrected chi connectivity index (χ3v) is 5.13. The Kier molecular flexibility index (Phi) is 6.61. The maximum Gasteiger partial charge on any atom is 0.331 e. The molecule has 2 heterocycles. The minimum atomic E-state index is -0.797. The Bertz CT molecular complexity index is 999. The number of amides is 4. The second-order valence-electron chi connectivity index (χ2n) is 6.66. The van der Waals surface area contributed by atoms with Gasteiger partial charge < -0.3 is 13.9 Å². The van der Waals surface area contributed by atoms with Crippen molar-refractivity contribution in [2.45, 2.75) is 32.9 Å². The predicted molar refractivity (Wildman–Crippen MR) is 112 cm³/mol. The maximum atomic E-state index is 12.8. The van der Waals surface area contributed by atoms with E-state index in [4.69, 9.17) is 13.9 Å². The molecule has 1 aliphatic rings. The molecule has 1 atom stereocenters. The highest BCUT2D eigenvalue weighted by Gasteiger charge is 2.36. The Morgan fingerprint density at radius 3 is 2.70 bits per heavy atom. The van der Waals surface area contributed by atoms with Crippen molar-refractivity contribution >= 4 is 39.9 Å². The number of barbiturate groups is 1. The molecule has 9 heteroatoms. The molecule has 8 nitrogen and oxygen atoms in total. The van der Waals surface area contributed by atoms with Gasteiger partial charge in [0.2, 0.25) is 0 Å². The van der Waals surface area contributed by atoms with Gasteiger partial charge in [-0.2, -0.15) is 0 Å². The Morgan fingerprint density at radius 1 is 1.30 bits per heavy atom. The summed E-state index contributed by atoms with van der Waals surface area (Å²) in [4.78, 5) is 38.2. The molecule has 4 amide bonds. The fourth-order valence-corrected chi connectivity index (χ4v) is 3.34. The van der Waals surface area contributed by atoms with E-state index in [1.54, 1.807) is 24.3 Å². The summed E-state index contributed by atoms with van der Waals surface area (Å²) in [5.74, 6) is -0.0826. The maximum absolute atomic E-state index is 12.8. The molecule has 1 aromatic carbocycles. The first-order valence-corrected chi connectivity index (χ1v) is 10.1. The van der Waals surface area contributed by atoms with Crippen LogP contribution in [0, 0.1) is 0 Å². The highest BCUT2D eigenvalue weighted by Crippen LogP contribution is 2.38. The van der Waals surface area contributed by atoms with Gasteiger partial charge in [-0.25, -0.2) is 4.79 Å². The largest absolute Gasteiger partial charge is 0.493 e. The number of rotatable bonds is 7. The van der Waals surface area contributed by atoms with Crippen molar-refractivity contribution in [3.63, 3.8) is 0 Å². The van der Waals surface area contributed by atoms with Gasteiger partial charge in [0, 0.05) is 0 Å². The van der Waals surface area contributed by atoms with Crippen LogP contribution in [0.4, 0.5) is 4.79 Å². The number of halogens is 1. The molecular weight excluding hydrogens is 456 g/mol. The van der Waals surface area contributed by atoms with Gasteiger partial charge in [-0.15, -0.1) is 0 Å². The van der Waals surface area contributed by atoms with E-state index in [9.17, 15) is 14.4 Å². The first-order valence-electron chi connectivity index (χ1n) is 9.29. The molecule has 0 unspecified atom stereocenters. The summed E-state index contributed by atoms with van der Waals surface area (Å²) >= 11 is 3.46. The average molecular weight is 477 g/mol. The van der Waals surface area contributed by atoms with Crippen LogP contribution in [0.5, 0.6) is 11.5 Å². The molecule has 3 rings (SSSR count). The number of carbonyl (C=O) groups excluding carboxylic acids is 3. The number of imide groups is 2. The summed E-state index contributed by atoms with van der Waals surface area (Å²) in [5, 5.41) is 2.18. The zero-order valence-electron chi connectivity index (χ0n) is 16.7. The van der Waals surface area contributed by atoms with Crippen molar-refractivity contribution in [2.24, 2.45) is 0 Å². The number of nitrogens with zero attached hydrogens (tertiary/aromatic N) is 1. The lowest BCUT2D eigenvalue weighted by Gasteiger charge is -2.25. The molecule has 0 radical (unpaired) electrons. The number of ether oxygens (including phenoxy) is 2. The summed E-state index contributed by atoms with van der Waals surface area (Å²) in [5.41, 5.74) is 0.353. The number of furan rings is 1. The lowest BCUT2D eigenvalue weighted by atomic mass is 10.1. The van der Waals surface area contributed by atoms with Crippen molar-refractivity contribution in [2.75, 3.05) is 7.11 Å². The number of hydrogen-bond donors (Lipinski definition) is 1. The number of benzene rings is 1. The monoisotopic (exact) mass is 476 g/mol. The minimum Gasteiger partial charge on any atom is -0.493 e. The quantitative estimate of drug-likeness (QED) is 0.480. The minimum absolute atomic E-state index is 0.0220. The van der Waals surface area contributed by atoms with Gasteiger partial charge >= 0.3 is 6.03 Å². The predicted octanol–water partition coefficient (Wildman–Crippen LogP) is 3.89. The molecule has 30 heavy (non-hydrogen) atoms. The summed E-state index contributed by atoms with van der Waals surface area (Å²) in [7, 11) is 1.50. The van der Waals surface area contributed by atoms with Gasteiger partial charge in [0.15, 0.2) is 11.5 Å². The van der Waals surface area contributed by atoms with Crippen LogP contribution < -0.4 is 14.8 Å². The zero-order chi connectivity index (χ0) is 21.8. The Hall–Kier alpha value is -3.07. The smallest absolute Gasteiger partial charge is 0.331 e. The van der Waals surface area contributed by atoms with Gasteiger partial charge in [-0.1, -0.05) is 6.92 Å². The molecule has 158 valence electrons. The van der Waals surface area contributed by atoms with E-state index in [-0.39, 0.29) is 18.2 Å². The molecular formula is C21H21BrN2O6. The van der Waals surface area contributed by atoms with E-state index < -0.39 is 17.8 Å². The Morgan fingerprint density at radius 2 is 2.07 bits per heavy atom. The van der Waals surface area contributed by atoms with Crippen LogP contribution in [0.2, 0.25) is 0 Å². The van der Waals surface area contributed by atoms with E-state index in [0.717, 1.165) is 11.3 Å². The number of nitrogens with one attached hydrogen (secondary N) is 1. The molecule has 1 N–H and O–H groups in total. The second kappa shape index (κ2) is 9.17. The van der Waals surface area contributed by atoms with Crippen molar-refractivity contribution in [1.82, 2.24) is 10.2 Å².